The molecule has 0 aromatic heterocycles. The number of likely N-dealkylation sites (tertiary alicyclic amines) is 1. The molecule has 0 bridgehead atoms. The van der Waals surface area contributed by atoms with Crippen molar-refractivity contribution in [2.75, 3.05) is 19.6 Å². The highest BCUT2D eigenvalue weighted by Crippen LogP contribution is 2.13. The van der Waals surface area contributed by atoms with Crippen LogP contribution >= 0.6 is 0 Å². The first-order valence-corrected chi connectivity index (χ1v) is 6.39. The minimum Gasteiger partial charge on any atom is -0.460 e. The first-order valence-electron chi connectivity index (χ1n) is 6.39. The summed E-state index contributed by atoms with van der Waals surface area (Å²) in [5, 5.41) is 9.26. The number of rotatable bonds is 4. The molecule has 2 unspecified atom stereocenters. The molecule has 1 aliphatic rings. The second-order valence-electron chi connectivity index (χ2n) is 4.75. The molecule has 0 radical (unpaired) electrons. The van der Waals surface area contributed by atoms with Crippen molar-refractivity contribution in [3.63, 3.8) is 0 Å². The van der Waals surface area contributed by atoms with Gasteiger partial charge in [-0.15, -0.1) is 0 Å². The number of halogens is 1. The average molecular weight is 267 g/mol. The van der Waals surface area contributed by atoms with E-state index in [-0.39, 0.29) is 25.7 Å². The Hall–Kier alpha value is -1.46. The second kappa shape index (κ2) is 6.63. The third kappa shape index (κ3) is 4.29. The lowest BCUT2D eigenvalue weighted by atomic mass is 10.1. The standard InChI is InChI=1S/C14H18FNO3/c15-12-8-16(7-6-13(12)17)9-14(18)19-10-11-4-2-1-3-5-11/h1-5,12-13,17H,6-10H2. The lowest BCUT2D eigenvalue weighted by Gasteiger charge is -2.31. The summed E-state index contributed by atoms with van der Waals surface area (Å²) >= 11 is 0. The predicted octanol–water partition coefficient (Wildman–Crippen LogP) is 1.13. The number of benzene rings is 1. The van der Waals surface area contributed by atoms with E-state index >= 15 is 0 Å². The lowest BCUT2D eigenvalue weighted by molar-refractivity contribution is -0.147. The summed E-state index contributed by atoms with van der Waals surface area (Å²) in [6.45, 7) is 0.902. The molecule has 0 saturated carbocycles. The number of hydrogen-bond donors (Lipinski definition) is 1. The van der Waals surface area contributed by atoms with Gasteiger partial charge in [-0.25, -0.2) is 4.39 Å². The fourth-order valence-electron chi connectivity index (χ4n) is 2.07. The molecule has 0 spiro atoms. The van der Waals surface area contributed by atoms with Crippen LogP contribution in [0.3, 0.4) is 0 Å². The van der Waals surface area contributed by atoms with Crippen molar-refractivity contribution in [1.82, 2.24) is 4.90 Å². The van der Waals surface area contributed by atoms with Crippen LogP contribution in [-0.2, 0) is 16.1 Å². The zero-order valence-corrected chi connectivity index (χ0v) is 10.7. The molecule has 1 fully saturated rings. The normalized spacial score (nSPS) is 24.1. The molecule has 1 saturated heterocycles. The molecule has 104 valence electrons. The molecule has 2 rings (SSSR count). The molecule has 1 N–H and O–H groups in total. The molecule has 0 aliphatic carbocycles. The lowest BCUT2D eigenvalue weighted by Crippen LogP contribution is -2.46. The quantitative estimate of drug-likeness (QED) is 0.831. The Morgan fingerprint density at radius 3 is 2.84 bits per heavy atom. The first-order chi connectivity index (χ1) is 9.15. The number of carbonyl (C=O) groups is 1. The molecule has 0 amide bonds. The van der Waals surface area contributed by atoms with Crippen LogP contribution in [0.1, 0.15) is 12.0 Å². The Bertz CT molecular complexity index is 412. The summed E-state index contributed by atoms with van der Waals surface area (Å²) in [6.07, 6.45) is -1.83. The topological polar surface area (TPSA) is 49.8 Å². The number of carbonyl (C=O) groups excluding carboxylic acids is 1. The maximum absolute atomic E-state index is 13.3. The number of ether oxygens (including phenoxy) is 1. The summed E-state index contributed by atoms with van der Waals surface area (Å²) in [5.41, 5.74) is 0.924. The molecule has 1 aliphatic heterocycles. The SMILES string of the molecule is O=C(CN1CCC(O)C(F)C1)OCc1ccccc1. The van der Waals surface area contributed by atoms with E-state index in [2.05, 4.69) is 0 Å². The number of aliphatic hydroxyl groups excluding tert-OH is 1. The Labute approximate surface area is 111 Å². The third-order valence-corrected chi connectivity index (χ3v) is 3.19. The number of nitrogens with zero attached hydrogens (tertiary/aromatic N) is 1. The van der Waals surface area contributed by atoms with Crippen LogP contribution in [0.5, 0.6) is 0 Å². The van der Waals surface area contributed by atoms with Crippen molar-refractivity contribution >= 4 is 5.97 Å². The van der Waals surface area contributed by atoms with Crippen LogP contribution in [0.25, 0.3) is 0 Å². The zero-order chi connectivity index (χ0) is 13.7. The molecule has 1 aromatic rings. The van der Waals surface area contributed by atoms with Gasteiger partial charge in [0.2, 0.25) is 0 Å². The van der Waals surface area contributed by atoms with Crippen LogP contribution in [0.4, 0.5) is 4.39 Å². The first kappa shape index (κ1) is 14.0. The van der Waals surface area contributed by atoms with Crippen molar-refractivity contribution in [2.45, 2.75) is 25.3 Å². The summed E-state index contributed by atoms with van der Waals surface area (Å²) in [7, 11) is 0. The molecule has 19 heavy (non-hydrogen) atoms. The second-order valence-corrected chi connectivity index (χ2v) is 4.75. The fourth-order valence-corrected chi connectivity index (χ4v) is 2.07. The number of piperidine rings is 1. The van der Waals surface area contributed by atoms with Gasteiger partial charge in [-0.1, -0.05) is 30.3 Å². The molecule has 5 heteroatoms. The van der Waals surface area contributed by atoms with Crippen LogP contribution in [0, 0.1) is 0 Å². The molecule has 4 nitrogen and oxygen atoms in total. The van der Waals surface area contributed by atoms with Crippen LogP contribution < -0.4 is 0 Å². The summed E-state index contributed by atoms with van der Waals surface area (Å²) in [5.74, 6) is -0.368. The van der Waals surface area contributed by atoms with Gasteiger partial charge in [0.1, 0.15) is 12.8 Å². The highest BCUT2D eigenvalue weighted by Gasteiger charge is 2.28. The van der Waals surface area contributed by atoms with E-state index in [0.717, 1.165) is 5.56 Å². The van der Waals surface area contributed by atoms with E-state index in [1.54, 1.807) is 4.90 Å². The van der Waals surface area contributed by atoms with Crippen LogP contribution in [0.2, 0.25) is 0 Å². The van der Waals surface area contributed by atoms with E-state index in [0.29, 0.717) is 13.0 Å². The van der Waals surface area contributed by atoms with Crippen LogP contribution in [0.15, 0.2) is 30.3 Å². The number of alkyl halides is 1. The van der Waals surface area contributed by atoms with Gasteiger partial charge in [0.25, 0.3) is 0 Å². The maximum atomic E-state index is 13.3. The van der Waals surface area contributed by atoms with Gasteiger partial charge in [-0.2, -0.15) is 0 Å². The van der Waals surface area contributed by atoms with E-state index in [9.17, 15) is 14.3 Å². The monoisotopic (exact) mass is 267 g/mol. The summed E-state index contributed by atoms with van der Waals surface area (Å²) < 4.78 is 18.4. The molecule has 1 aromatic carbocycles. The third-order valence-electron chi connectivity index (χ3n) is 3.19. The van der Waals surface area contributed by atoms with Crippen molar-refractivity contribution < 1.29 is 19.0 Å². The molecule has 2 atom stereocenters. The van der Waals surface area contributed by atoms with Gasteiger partial charge in [0.15, 0.2) is 0 Å². The van der Waals surface area contributed by atoms with Gasteiger partial charge in [-0.3, -0.25) is 9.69 Å². The Balaban J connectivity index is 1.73. The Morgan fingerprint density at radius 2 is 2.16 bits per heavy atom. The minimum absolute atomic E-state index is 0.0694. The van der Waals surface area contributed by atoms with Gasteiger partial charge in [0.05, 0.1) is 12.6 Å². The smallest absolute Gasteiger partial charge is 0.320 e. The summed E-state index contributed by atoms with van der Waals surface area (Å²) in [4.78, 5) is 13.3. The number of aliphatic hydroxyl groups is 1. The van der Waals surface area contributed by atoms with Crippen molar-refractivity contribution in [1.29, 1.82) is 0 Å². The fraction of sp³-hybridized carbons (Fsp3) is 0.500. The zero-order valence-electron chi connectivity index (χ0n) is 10.7. The van der Waals surface area contributed by atoms with E-state index in [1.165, 1.54) is 0 Å². The Morgan fingerprint density at radius 1 is 1.42 bits per heavy atom. The molecular formula is C14H18FNO3. The van der Waals surface area contributed by atoms with Gasteiger partial charge >= 0.3 is 5.97 Å². The summed E-state index contributed by atoms with van der Waals surface area (Å²) in [6, 6.07) is 9.40. The number of esters is 1. The van der Waals surface area contributed by atoms with Gasteiger partial charge in [-0.05, 0) is 12.0 Å². The highest BCUT2D eigenvalue weighted by atomic mass is 19.1. The molecular weight excluding hydrogens is 249 g/mol. The van der Waals surface area contributed by atoms with E-state index in [1.807, 2.05) is 30.3 Å². The minimum atomic E-state index is -1.28. The maximum Gasteiger partial charge on any atom is 0.320 e. The van der Waals surface area contributed by atoms with E-state index < -0.39 is 12.3 Å². The van der Waals surface area contributed by atoms with Crippen molar-refractivity contribution in [3.8, 4) is 0 Å². The average Bonchev–Trinajstić information content (AvgIpc) is 2.42. The van der Waals surface area contributed by atoms with Crippen LogP contribution in [-0.4, -0.2) is 47.9 Å². The highest BCUT2D eigenvalue weighted by molar-refractivity contribution is 5.71. The van der Waals surface area contributed by atoms with E-state index in [4.69, 9.17) is 4.74 Å². The Kier molecular flexibility index (Phi) is 4.87. The number of hydrogen-bond acceptors (Lipinski definition) is 4. The van der Waals surface area contributed by atoms with Gasteiger partial charge in [0, 0.05) is 13.1 Å². The largest absolute Gasteiger partial charge is 0.460 e. The molecule has 1 heterocycles. The van der Waals surface area contributed by atoms with Crippen molar-refractivity contribution in [2.24, 2.45) is 0 Å². The van der Waals surface area contributed by atoms with Crippen molar-refractivity contribution in [3.05, 3.63) is 35.9 Å². The van der Waals surface area contributed by atoms with Gasteiger partial charge < -0.3 is 9.84 Å². The predicted molar refractivity (Wildman–Crippen MR) is 68.2 cm³/mol.